The molecule has 4 aromatic rings. The molecule has 2 heterocycles. The molecular weight excluding hydrogens is 376 g/mol. The smallest absolute Gasteiger partial charge is 0.228 e. The van der Waals surface area contributed by atoms with Gasteiger partial charge in [0.2, 0.25) is 10.3 Å². The van der Waals surface area contributed by atoms with E-state index in [1.807, 2.05) is 42.5 Å². The lowest BCUT2D eigenvalue weighted by Gasteiger charge is -2.01. The van der Waals surface area contributed by atoms with E-state index in [0.717, 1.165) is 27.1 Å². The van der Waals surface area contributed by atoms with Gasteiger partial charge >= 0.3 is 0 Å². The molecule has 0 atom stereocenters. The number of H-pyrrole nitrogens is 1. The fourth-order valence-electron chi connectivity index (χ4n) is 2.31. The van der Waals surface area contributed by atoms with Crippen LogP contribution < -0.4 is 0 Å². The first kappa shape index (κ1) is 14.3. The molecule has 23 heavy (non-hydrogen) atoms. The Morgan fingerprint density at radius 2 is 1.83 bits per heavy atom. The molecule has 0 spiro atoms. The van der Waals surface area contributed by atoms with Crippen LogP contribution in [0.2, 0.25) is 0 Å². The SMILES string of the molecule is O=C(Sc1nnc2c(n1)[nH]c1ccccc12)c1ccccc1Br. The molecule has 0 saturated heterocycles. The summed E-state index contributed by atoms with van der Waals surface area (Å²) in [5.74, 6) is 0. The standard InChI is InChI=1S/C16H9BrN4OS/c17-11-7-3-1-5-9(11)15(22)23-16-19-14-13(20-21-16)10-6-2-4-8-12(10)18-14/h1-8H,(H,18,19,21). The lowest BCUT2D eigenvalue weighted by molar-refractivity contribution is 0.108. The molecule has 0 radical (unpaired) electrons. The normalized spacial score (nSPS) is 11.2. The molecule has 0 bridgehead atoms. The van der Waals surface area contributed by atoms with Gasteiger partial charge < -0.3 is 4.98 Å². The summed E-state index contributed by atoms with van der Waals surface area (Å²) in [6, 6.07) is 15.1. The first-order valence-electron chi connectivity index (χ1n) is 6.80. The van der Waals surface area contributed by atoms with Crippen molar-refractivity contribution in [3.63, 3.8) is 0 Å². The van der Waals surface area contributed by atoms with Crippen molar-refractivity contribution in [2.75, 3.05) is 0 Å². The maximum absolute atomic E-state index is 12.4. The average molecular weight is 385 g/mol. The van der Waals surface area contributed by atoms with E-state index < -0.39 is 0 Å². The van der Waals surface area contributed by atoms with Crippen LogP contribution in [-0.2, 0) is 0 Å². The van der Waals surface area contributed by atoms with E-state index >= 15 is 0 Å². The third kappa shape index (κ3) is 2.62. The van der Waals surface area contributed by atoms with Crippen molar-refractivity contribution in [2.24, 2.45) is 0 Å². The molecule has 4 rings (SSSR count). The summed E-state index contributed by atoms with van der Waals surface area (Å²) < 4.78 is 0.747. The van der Waals surface area contributed by atoms with Crippen molar-refractivity contribution >= 4 is 54.9 Å². The molecule has 0 saturated carbocycles. The number of aromatic nitrogens is 4. The summed E-state index contributed by atoms with van der Waals surface area (Å²) in [5, 5.41) is 9.44. The summed E-state index contributed by atoms with van der Waals surface area (Å²) in [7, 11) is 0. The van der Waals surface area contributed by atoms with E-state index in [4.69, 9.17) is 0 Å². The van der Waals surface area contributed by atoms with Crippen LogP contribution in [0.15, 0.2) is 58.2 Å². The maximum Gasteiger partial charge on any atom is 0.228 e. The van der Waals surface area contributed by atoms with Crippen LogP contribution in [0.5, 0.6) is 0 Å². The van der Waals surface area contributed by atoms with Crippen LogP contribution in [0, 0.1) is 0 Å². The van der Waals surface area contributed by atoms with Crippen molar-refractivity contribution in [3.8, 4) is 0 Å². The maximum atomic E-state index is 12.4. The van der Waals surface area contributed by atoms with Crippen molar-refractivity contribution in [1.82, 2.24) is 20.2 Å². The van der Waals surface area contributed by atoms with E-state index in [9.17, 15) is 4.79 Å². The number of fused-ring (bicyclic) bond motifs is 3. The number of rotatable bonds is 2. The minimum Gasteiger partial charge on any atom is -0.338 e. The van der Waals surface area contributed by atoms with Crippen LogP contribution in [0.25, 0.3) is 22.1 Å². The van der Waals surface area contributed by atoms with Crippen molar-refractivity contribution < 1.29 is 4.79 Å². The molecule has 0 fully saturated rings. The molecule has 0 unspecified atom stereocenters. The number of hydrogen-bond donors (Lipinski definition) is 1. The molecule has 2 aromatic carbocycles. The largest absolute Gasteiger partial charge is 0.338 e. The molecule has 0 aliphatic heterocycles. The number of benzene rings is 2. The average Bonchev–Trinajstić information content (AvgIpc) is 2.92. The van der Waals surface area contributed by atoms with Gasteiger partial charge in [-0.05, 0) is 30.0 Å². The Morgan fingerprint density at radius 3 is 2.70 bits per heavy atom. The number of para-hydroxylation sites is 1. The topological polar surface area (TPSA) is 71.5 Å². The summed E-state index contributed by atoms with van der Waals surface area (Å²) in [4.78, 5) is 20.0. The third-order valence-corrected chi connectivity index (χ3v) is 4.83. The van der Waals surface area contributed by atoms with Gasteiger partial charge in [-0.15, -0.1) is 10.2 Å². The van der Waals surface area contributed by atoms with Gasteiger partial charge in [0.25, 0.3) is 0 Å². The van der Waals surface area contributed by atoms with Gasteiger partial charge in [0.15, 0.2) is 5.65 Å². The number of carbonyl (C=O) groups is 1. The molecular formula is C16H9BrN4OS. The summed E-state index contributed by atoms with van der Waals surface area (Å²) in [5.41, 5.74) is 2.86. The second kappa shape index (κ2) is 5.75. The highest BCUT2D eigenvalue weighted by Crippen LogP contribution is 2.27. The van der Waals surface area contributed by atoms with Crippen LogP contribution in [-0.4, -0.2) is 25.3 Å². The quantitative estimate of drug-likeness (QED) is 0.524. The minimum atomic E-state index is -0.130. The highest BCUT2D eigenvalue weighted by molar-refractivity contribution is 9.10. The lowest BCUT2D eigenvalue weighted by Crippen LogP contribution is -1.98. The van der Waals surface area contributed by atoms with Crippen molar-refractivity contribution in [3.05, 3.63) is 58.6 Å². The Kier molecular flexibility index (Phi) is 3.59. The Balaban J connectivity index is 1.71. The first-order valence-corrected chi connectivity index (χ1v) is 8.41. The van der Waals surface area contributed by atoms with Gasteiger partial charge in [-0.2, -0.15) is 0 Å². The Labute approximate surface area is 143 Å². The van der Waals surface area contributed by atoms with E-state index in [1.165, 1.54) is 0 Å². The Bertz CT molecular complexity index is 1050. The van der Waals surface area contributed by atoms with E-state index in [2.05, 4.69) is 36.1 Å². The third-order valence-electron chi connectivity index (χ3n) is 3.38. The molecule has 5 nitrogen and oxygen atoms in total. The zero-order valence-corrected chi connectivity index (χ0v) is 14.1. The number of halogens is 1. The van der Waals surface area contributed by atoms with Crippen LogP contribution >= 0.6 is 27.7 Å². The molecule has 7 heteroatoms. The van der Waals surface area contributed by atoms with Gasteiger partial charge in [-0.1, -0.05) is 46.3 Å². The number of carbonyl (C=O) groups excluding carboxylic acids is 1. The number of aromatic amines is 1. The number of nitrogens with one attached hydrogen (secondary N) is 1. The molecule has 0 aliphatic rings. The number of nitrogens with zero attached hydrogens (tertiary/aromatic N) is 3. The zero-order valence-electron chi connectivity index (χ0n) is 11.7. The number of thioether (sulfide) groups is 1. The van der Waals surface area contributed by atoms with Gasteiger partial charge in [0, 0.05) is 20.9 Å². The van der Waals surface area contributed by atoms with E-state index in [1.54, 1.807) is 6.07 Å². The van der Waals surface area contributed by atoms with Gasteiger partial charge in [-0.25, -0.2) is 4.98 Å². The molecule has 0 amide bonds. The molecule has 112 valence electrons. The van der Waals surface area contributed by atoms with Crippen LogP contribution in [0.4, 0.5) is 0 Å². The second-order valence-electron chi connectivity index (χ2n) is 4.83. The molecule has 0 aliphatic carbocycles. The monoisotopic (exact) mass is 384 g/mol. The van der Waals surface area contributed by atoms with E-state index in [0.29, 0.717) is 21.9 Å². The lowest BCUT2D eigenvalue weighted by atomic mass is 10.2. The van der Waals surface area contributed by atoms with Crippen LogP contribution in [0.3, 0.4) is 0 Å². The predicted molar refractivity (Wildman–Crippen MR) is 93.5 cm³/mol. The molecule has 1 N–H and O–H groups in total. The number of hydrogen-bond acceptors (Lipinski definition) is 5. The summed E-state index contributed by atoms with van der Waals surface area (Å²) in [6.07, 6.45) is 0. The fraction of sp³-hybridized carbons (Fsp3) is 0. The van der Waals surface area contributed by atoms with Gasteiger partial charge in [0.05, 0.1) is 0 Å². The fourth-order valence-corrected chi connectivity index (χ4v) is 3.58. The van der Waals surface area contributed by atoms with E-state index in [-0.39, 0.29) is 5.12 Å². The summed E-state index contributed by atoms with van der Waals surface area (Å²) >= 11 is 4.34. The van der Waals surface area contributed by atoms with Gasteiger partial charge in [0.1, 0.15) is 5.52 Å². The highest BCUT2D eigenvalue weighted by Gasteiger charge is 2.15. The first-order chi connectivity index (χ1) is 11.2. The highest BCUT2D eigenvalue weighted by atomic mass is 79.9. The Morgan fingerprint density at radius 1 is 1.04 bits per heavy atom. The minimum absolute atomic E-state index is 0.130. The Hall–Kier alpha value is -2.25. The zero-order chi connectivity index (χ0) is 15.8. The van der Waals surface area contributed by atoms with Crippen molar-refractivity contribution in [1.29, 1.82) is 0 Å². The second-order valence-corrected chi connectivity index (χ2v) is 6.63. The van der Waals surface area contributed by atoms with Gasteiger partial charge in [-0.3, -0.25) is 4.79 Å². The summed E-state index contributed by atoms with van der Waals surface area (Å²) in [6.45, 7) is 0. The van der Waals surface area contributed by atoms with Crippen LogP contribution in [0.1, 0.15) is 10.4 Å². The molecule has 2 aromatic heterocycles. The van der Waals surface area contributed by atoms with Crippen molar-refractivity contribution in [2.45, 2.75) is 5.16 Å². The predicted octanol–water partition coefficient (Wildman–Crippen LogP) is 4.20.